The van der Waals surface area contributed by atoms with E-state index in [2.05, 4.69) is 10.1 Å². The Bertz CT molecular complexity index is 379. The second-order valence-electron chi connectivity index (χ2n) is 3.78. The van der Waals surface area contributed by atoms with Gasteiger partial charge in [-0.2, -0.15) is 0 Å². The van der Waals surface area contributed by atoms with E-state index in [-0.39, 0.29) is 18.5 Å². The summed E-state index contributed by atoms with van der Waals surface area (Å²) in [4.78, 5) is 22.9. The fourth-order valence-electron chi connectivity index (χ4n) is 1.36. The van der Waals surface area contributed by atoms with E-state index < -0.39 is 5.97 Å². The van der Waals surface area contributed by atoms with Crippen molar-refractivity contribution in [2.75, 3.05) is 7.11 Å². The minimum atomic E-state index is -0.433. The molecule has 1 saturated carbocycles. The number of carbonyl (C=O) groups is 2. The van der Waals surface area contributed by atoms with Crippen LogP contribution < -0.4 is 5.32 Å². The summed E-state index contributed by atoms with van der Waals surface area (Å²) >= 11 is 0. The summed E-state index contributed by atoms with van der Waals surface area (Å²) in [5.41, 5.74) is 0.877. The van der Waals surface area contributed by atoms with Gasteiger partial charge in [0, 0.05) is 18.8 Å². The first kappa shape index (κ1) is 10.7. The van der Waals surface area contributed by atoms with E-state index in [1.807, 2.05) is 0 Å². The standard InChI is InChI=1S/C11H13NO4/c1-15-10(13)7-4-8(6-12-5-7)11(14)16-9-2-3-9/h5-6,9,12H,2-4H2,1H3. The topological polar surface area (TPSA) is 64.6 Å². The highest BCUT2D eigenvalue weighted by molar-refractivity contribution is 5.95. The smallest absolute Gasteiger partial charge is 0.336 e. The first-order valence-corrected chi connectivity index (χ1v) is 5.14. The molecule has 16 heavy (non-hydrogen) atoms. The molecule has 0 aromatic heterocycles. The average molecular weight is 223 g/mol. The molecule has 2 rings (SSSR count). The van der Waals surface area contributed by atoms with Crippen molar-refractivity contribution in [3.63, 3.8) is 0 Å². The number of hydrogen-bond donors (Lipinski definition) is 1. The molecule has 1 fully saturated rings. The lowest BCUT2D eigenvalue weighted by atomic mass is 10.1. The van der Waals surface area contributed by atoms with Crippen molar-refractivity contribution in [1.29, 1.82) is 0 Å². The van der Waals surface area contributed by atoms with Crippen LogP contribution in [0.4, 0.5) is 0 Å². The lowest BCUT2D eigenvalue weighted by Crippen LogP contribution is -2.19. The Balaban J connectivity index is 1.94. The highest BCUT2D eigenvalue weighted by Gasteiger charge is 2.28. The molecule has 5 heteroatoms. The van der Waals surface area contributed by atoms with Gasteiger partial charge in [0.2, 0.25) is 0 Å². The molecule has 0 amide bonds. The van der Waals surface area contributed by atoms with Gasteiger partial charge < -0.3 is 14.8 Å². The SMILES string of the molecule is COC(=O)C1=CNC=C(C(=O)OC2CC2)C1. The summed E-state index contributed by atoms with van der Waals surface area (Å²) in [5.74, 6) is -0.790. The normalized spacial score (nSPS) is 19.1. The maximum atomic E-state index is 11.6. The molecule has 0 spiro atoms. The zero-order chi connectivity index (χ0) is 11.5. The molecule has 1 heterocycles. The van der Waals surface area contributed by atoms with E-state index >= 15 is 0 Å². The number of rotatable bonds is 3. The van der Waals surface area contributed by atoms with E-state index in [0.29, 0.717) is 11.1 Å². The Morgan fingerprint density at radius 1 is 1.25 bits per heavy atom. The summed E-state index contributed by atoms with van der Waals surface area (Å²) in [7, 11) is 1.31. The Morgan fingerprint density at radius 2 is 1.88 bits per heavy atom. The van der Waals surface area contributed by atoms with Crippen LogP contribution in [0, 0.1) is 0 Å². The van der Waals surface area contributed by atoms with Crippen LogP contribution in [0.5, 0.6) is 0 Å². The van der Waals surface area contributed by atoms with Crippen LogP contribution in [0.1, 0.15) is 19.3 Å². The van der Waals surface area contributed by atoms with Crippen molar-refractivity contribution >= 4 is 11.9 Å². The van der Waals surface area contributed by atoms with E-state index in [1.54, 1.807) is 6.20 Å². The molecule has 0 radical (unpaired) electrons. The molecule has 86 valence electrons. The van der Waals surface area contributed by atoms with Crippen molar-refractivity contribution in [3.05, 3.63) is 23.5 Å². The van der Waals surface area contributed by atoms with Gasteiger partial charge in [0.15, 0.2) is 0 Å². The number of carbonyl (C=O) groups excluding carboxylic acids is 2. The van der Waals surface area contributed by atoms with Crippen molar-refractivity contribution in [2.45, 2.75) is 25.4 Å². The Morgan fingerprint density at radius 3 is 2.44 bits per heavy atom. The lowest BCUT2D eigenvalue weighted by molar-refractivity contribution is -0.140. The van der Waals surface area contributed by atoms with Crippen molar-refractivity contribution < 1.29 is 19.1 Å². The van der Waals surface area contributed by atoms with Gasteiger partial charge in [-0.15, -0.1) is 0 Å². The molecular weight excluding hydrogens is 210 g/mol. The second kappa shape index (κ2) is 4.38. The molecule has 2 aliphatic rings. The summed E-state index contributed by atoms with van der Waals surface area (Å²) in [6.07, 6.45) is 5.28. The van der Waals surface area contributed by atoms with Crippen LogP contribution in [0.3, 0.4) is 0 Å². The summed E-state index contributed by atoms with van der Waals surface area (Å²) in [6, 6.07) is 0. The van der Waals surface area contributed by atoms with Gasteiger partial charge >= 0.3 is 11.9 Å². The molecule has 0 atom stereocenters. The highest BCUT2D eigenvalue weighted by atomic mass is 16.5. The van der Waals surface area contributed by atoms with Gasteiger partial charge in [-0.05, 0) is 12.8 Å². The summed E-state index contributed by atoms with van der Waals surface area (Å²) < 4.78 is 9.72. The predicted octanol–water partition coefficient (Wildman–Crippen LogP) is 0.626. The molecular formula is C11H13NO4. The van der Waals surface area contributed by atoms with Crippen LogP contribution in [0.25, 0.3) is 0 Å². The highest BCUT2D eigenvalue weighted by Crippen LogP contribution is 2.26. The van der Waals surface area contributed by atoms with Crippen molar-refractivity contribution in [1.82, 2.24) is 5.32 Å². The first-order chi connectivity index (χ1) is 7.70. The fourth-order valence-corrected chi connectivity index (χ4v) is 1.36. The minimum Gasteiger partial charge on any atom is -0.466 e. The number of dihydropyridines is 1. The van der Waals surface area contributed by atoms with Gasteiger partial charge in [0.1, 0.15) is 6.10 Å². The third-order valence-corrected chi connectivity index (χ3v) is 2.40. The molecule has 5 nitrogen and oxygen atoms in total. The van der Waals surface area contributed by atoms with Crippen LogP contribution in [0.15, 0.2) is 23.5 Å². The first-order valence-electron chi connectivity index (χ1n) is 5.14. The van der Waals surface area contributed by atoms with E-state index in [0.717, 1.165) is 12.8 Å². The maximum Gasteiger partial charge on any atom is 0.336 e. The van der Waals surface area contributed by atoms with Crippen LogP contribution >= 0.6 is 0 Å². The maximum absolute atomic E-state index is 11.6. The lowest BCUT2D eigenvalue weighted by Gasteiger charge is -2.13. The molecule has 0 bridgehead atoms. The molecule has 1 aliphatic carbocycles. The second-order valence-corrected chi connectivity index (χ2v) is 3.78. The quantitative estimate of drug-likeness (QED) is 0.711. The predicted molar refractivity (Wildman–Crippen MR) is 55.0 cm³/mol. The Kier molecular flexibility index (Phi) is 2.94. The van der Waals surface area contributed by atoms with Gasteiger partial charge in [-0.25, -0.2) is 9.59 Å². The number of ether oxygens (including phenoxy) is 2. The fraction of sp³-hybridized carbons (Fsp3) is 0.455. The van der Waals surface area contributed by atoms with E-state index in [4.69, 9.17) is 4.74 Å². The number of methoxy groups -OCH3 is 1. The molecule has 0 aromatic rings. The largest absolute Gasteiger partial charge is 0.466 e. The van der Waals surface area contributed by atoms with Gasteiger partial charge in [0.25, 0.3) is 0 Å². The number of nitrogens with one attached hydrogen (secondary N) is 1. The number of hydrogen-bond acceptors (Lipinski definition) is 5. The Labute approximate surface area is 93.1 Å². The zero-order valence-corrected chi connectivity index (χ0v) is 8.99. The van der Waals surface area contributed by atoms with Crippen LogP contribution in [-0.4, -0.2) is 25.2 Å². The summed E-state index contributed by atoms with van der Waals surface area (Å²) in [5, 5.41) is 2.75. The van der Waals surface area contributed by atoms with Crippen molar-refractivity contribution in [3.8, 4) is 0 Å². The van der Waals surface area contributed by atoms with Gasteiger partial charge in [0.05, 0.1) is 18.3 Å². The van der Waals surface area contributed by atoms with Crippen molar-refractivity contribution in [2.24, 2.45) is 0 Å². The molecule has 1 aliphatic heterocycles. The molecule has 1 N–H and O–H groups in total. The van der Waals surface area contributed by atoms with E-state index in [1.165, 1.54) is 13.3 Å². The zero-order valence-electron chi connectivity index (χ0n) is 8.99. The van der Waals surface area contributed by atoms with Crippen LogP contribution in [-0.2, 0) is 19.1 Å². The minimum absolute atomic E-state index is 0.0703. The summed E-state index contributed by atoms with van der Waals surface area (Å²) in [6.45, 7) is 0. The Hall–Kier alpha value is -1.78. The van der Waals surface area contributed by atoms with Gasteiger partial charge in [-0.1, -0.05) is 0 Å². The average Bonchev–Trinajstić information content (AvgIpc) is 3.12. The molecule has 0 aromatic carbocycles. The van der Waals surface area contributed by atoms with Crippen LogP contribution in [0.2, 0.25) is 0 Å². The molecule has 0 saturated heterocycles. The monoisotopic (exact) mass is 223 g/mol. The van der Waals surface area contributed by atoms with E-state index in [9.17, 15) is 9.59 Å². The number of esters is 2. The molecule has 0 unspecified atom stereocenters. The van der Waals surface area contributed by atoms with Gasteiger partial charge in [-0.3, -0.25) is 0 Å². The third-order valence-electron chi connectivity index (χ3n) is 2.40. The third kappa shape index (κ3) is 2.42.